The van der Waals surface area contributed by atoms with Gasteiger partial charge in [0.05, 0.1) is 0 Å². The molecule has 102 valence electrons. The first kappa shape index (κ1) is 22.1. The van der Waals surface area contributed by atoms with Crippen molar-refractivity contribution in [3.63, 3.8) is 0 Å². The summed E-state index contributed by atoms with van der Waals surface area (Å²) in [5.41, 5.74) is 0.376. The van der Waals surface area contributed by atoms with Crippen molar-refractivity contribution in [1.29, 1.82) is 0 Å². The van der Waals surface area contributed by atoms with Gasteiger partial charge in [0.15, 0.2) is 0 Å². The third-order valence-corrected chi connectivity index (χ3v) is 1.81. The van der Waals surface area contributed by atoms with Gasteiger partial charge in [-0.3, -0.25) is 7.32 Å². The third-order valence-electron chi connectivity index (χ3n) is 1.81. The van der Waals surface area contributed by atoms with Crippen molar-refractivity contribution in [1.82, 2.24) is 0 Å². The Labute approximate surface area is 113 Å². The topological polar surface area (TPSA) is 109 Å². The maximum absolute atomic E-state index is 10.0. The fourth-order valence-electron chi connectivity index (χ4n) is 1.10. The van der Waals surface area contributed by atoms with Crippen LogP contribution in [0.5, 0.6) is 0 Å². The van der Waals surface area contributed by atoms with Gasteiger partial charge in [0.1, 0.15) is 0 Å². The first-order valence-corrected chi connectivity index (χ1v) is 5.32. The van der Waals surface area contributed by atoms with E-state index >= 15 is 0 Å². The molecule has 0 heterocycles. The summed E-state index contributed by atoms with van der Waals surface area (Å²) in [6, 6.07) is 0. The van der Waals surface area contributed by atoms with Crippen LogP contribution in [0.4, 0.5) is 0 Å². The number of aliphatic carboxylic acids is 1. The Hall–Kier alpha value is -0.0916. The second kappa shape index (κ2) is 12.4. The number of unbranched alkanes of at least 4 members (excludes halogenated alkanes) is 2. The number of rotatable bonds is 5. The Morgan fingerprint density at radius 1 is 1.06 bits per heavy atom. The van der Waals surface area contributed by atoms with Crippen molar-refractivity contribution in [2.24, 2.45) is 5.41 Å². The summed E-state index contributed by atoms with van der Waals surface area (Å²) in [6.07, 6.45) is 4.27. The Bertz CT molecular complexity index is 179. The minimum Gasteiger partial charge on any atom is -0.907 e. The molecule has 0 aromatic carbocycles. The molecular weight excluding hydrogens is 270 g/mol. The van der Waals surface area contributed by atoms with E-state index in [1.165, 1.54) is 6.42 Å². The second-order valence-electron chi connectivity index (χ2n) is 4.78. The van der Waals surface area contributed by atoms with Crippen LogP contribution in [0.1, 0.15) is 52.9 Å². The molecular formula is C10H19BNiO5. The third kappa shape index (κ3) is 38.8. The molecule has 0 fully saturated rings. The van der Waals surface area contributed by atoms with Crippen LogP contribution in [0.3, 0.4) is 0 Å². The SMILES string of the molecule is CC(C)(C)CCCCCC(=O)[O-].[Ni+4].[O-]B([O-])[O-]. The average Bonchev–Trinajstić information content (AvgIpc) is 1.99. The monoisotopic (exact) mass is 288 g/mol. The summed E-state index contributed by atoms with van der Waals surface area (Å²) < 4.78 is 0. The van der Waals surface area contributed by atoms with Crippen molar-refractivity contribution < 1.29 is 41.5 Å². The maximum atomic E-state index is 10.0. The number of carboxylic acids is 1. The van der Waals surface area contributed by atoms with Crippen LogP contribution in [0.25, 0.3) is 0 Å². The van der Waals surface area contributed by atoms with E-state index in [1.54, 1.807) is 0 Å². The van der Waals surface area contributed by atoms with E-state index < -0.39 is 13.3 Å². The first-order valence-electron chi connectivity index (χ1n) is 5.32. The predicted octanol–water partition coefficient (Wildman–Crippen LogP) is -2.22. The van der Waals surface area contributed by atoms with Gasteiger partial charge in [-0.05, 0) is 24.7 Å². The Morgan fingerprint density at radius 2 is 1.47 bits per heavy atom. The predicted molar refractivity (Wildman–Crippen MR) is 53.3 cm³/mol. The van der Waals surface area contributed by atoms with Crippen LogP contribution in [0, 0.1) is 5.41 Å². The van der Waals surface area contributed by atoms with E-state index in [-0.39, 0.29) is 22.9 Å². The van der Waals surface area contributed by atoms with Crippen molar-refractivity contribution in [3.8, 4) is 0 Å². The molecule has 0 aliphatic rings. The van der Waals surface area contributed by atoms with Gasteiger partial charge in [-0.2, -0.15) is 0 Å². The van der Waals surface area contributed by atoms with Crippen molar-refractivity contribution >= 4 is 13.3 Å². The first-order chi connectivity index (χ1) is 7.15. The van der Waals surface area contributed by atoms with Crippen LogP contribution in [0.2, 0.25) is 0 Å². The molecule has 0 aliphatic carbocycles. The molecule has 0 aromatic rings. The summed E-state index contributed by atoms with van der Waals surface area (Å²) in [4.78, 5) is 10.0. The van der Waals surface area contributed by atoms with Gasteiger partial charge >= 0.3 is 16.5 Å². The normalized spacial score (nSPS) is 9.76. The van der Waals surface area contributed by atoms with Crippen LogP contribution in [-0.2, 0) is 21.3 Å². The van der Waals surface area contributed by atoms with Gasteiger partial charge in [-0.1, -0.05) is 33.6 Å². The molecule has 7 heteroatoms. The van der Waals surface area contributed by atoms with Gasteiger partial charge in [0, 0.05) is 5.97 Å². The van der Waals surface area contributed by atoms with E-state index in [0.717, 1.165) is 19.3 Å². The molecule has 17 heavy (non-hydrogen) atoms. The number of carbonyl (C=O) groups is 1. The summed E-state index contributed by atoms with van der Waals surface area (Å²) in [7, 11) is -2.92. The summed E-state index contributed by atoms with van der Waals surface area (Å²) in [5.74, 6) is -0.925. The summed E-state index contributed by atoms with van der Waals surface area (Å²) >= 11 is 0. The Kier molecular flexibility index (Phi) is 16.1. The zero-order chi connectivity index (χ0) is 13.2. The smallest absolute Gasteiger partial charge is 0.907 e. The minimum absolute atomic E-state index is 0. The molecule has 0 radical (unpaired) electrons. The van der Waals surface area contributed by atoms with Crippen LogP contribution in [-0.4, -0.2) is 13.3 Å². The van der Waals surface area contributed by atoms with E-state index in [9.17, 15) is 9.90 Å². The molecule has 0 N–H and O–H groups in total. The fourth-order valence-corrected chi connectivity index (χ4v) is 1.10. The van der Waals surface area contributed by atoms with Crippen LogP contribution < -0.4 is 20.2 Å². The molecule has 0 saturated carbocycles. The minimum atomic E-state index is -2.92. The van der Waals surface area contributed by atoms with Gasteiger partial charge in [-0.15, -0.1) is 0 Å². The van der Waals surface area contributed by atoms with Gasteiger partial charge in [-0.25, -0.2) is 0 Å². The molecule has 0 aliphatic heterocycles. The van der Waals surface area contributed by atoms with E-state index in [4.69, 9.17) is 15.1 Å². The molecule has 0 saturated heterocycles. The fraction of sp³-hybridized carbons (Fsp3) is 0.900. The number of hydrogen-bond donors (Lipinski definition) is 0. The van der Waals surface area contributed by atoms with Crippen molar-refractivity contribution in [3.05, 3.63) is 0 Å². The van der Waals surface area contributed by atoms with Gasteiger partial charge < -0.3 is 25.0 Å². The van der Waals surface area contributed by atoms with Crippen molar-refractivity contribution in [2.45, 2.75) is 52.9 Å². The zero-order valence-electron chi connectivity index (χ0n) is 10.5. The van der Waals surface area contributed by atoms with Gasteiger partial charge in [0.2, 0.25) is 0 Å². The molecule has 0 bridgehead atoms. The Morgan fingerprint density at radius 3 is 1.76 bits per heavy atom. The second-order valence-corrected chi connectivity index (χ2v) is 4.78. The quantitative estimate of drug-likeness (QED) is 0.420. The van der Waals surface area contributed by atoms with Crippen molar-refractivity contribution in [2.75, 3.05) is 0 Å². The summed E-state index contributed by atoms with van der Waals surface area (Å²) in [5, 5.41) is 35.3. The number of carboxylic acid groups (broad SMARTS) is 1. The van der Waals surface area contributed by atoms with E-state index in [0.29, 0.717) is 5.41 Å². The number of hydrogen-bond acceptors (Lipinski definition) is 5. The standard InChI is InChI=1S/C10H20O2.BO3.Ni/c1-10(2,3)8-6-4-5-7-9(11)12;2-1(3)4;/h4-8H2,1-3H3,(H,11,12);;/q;-3;+4/p-1. The zero-order valence-corrected chi connectivity index (χ0v) is 11.5. The van der Waals surface area contributed by atoms with Crippen LogP contribution >= 0.6 is 0 Å². The molecule has 0 unspecified atom stereocenters. The average molecular weight is 289 g/mol. The van der Waals surface area contributed by atoms with Gasteiger partial charge in [0.25, 0.3) is 0 Å². The molecule has 0 spiro atoms. The number of carbonyl (C=O) groups excluding carboxylic acids is 1. The molecule has 0 aromatic heterocycles. The summed E-state index contributed by atoms with van der Waals surface area (Å²) in [6.45, 7) is 6.60. The van der Waals surface area contributed by atoms with E-state index in [1.807, 2.05) is 0 Å². The largest absolute Gasteiger partial charge is 4.00 e. The van der Waals surface area contributed by atoms with E-state index in [2.05, 4.69) is 20.8 Å². The molecule has 0 rings (SSSR count). The van der Waals surface area contributed by atoms with Crippen LogP contribution in [0.15, 0.2) is 0 Å². The Balaban J connectivity index is -0.000000340. The molecule has 5 nitrogen and oxygen atoms in total. The maximum Gasteiger partial charge on any atom is 4.00 e. The molecule has 0 atom stereocenters. The molecule has 0 amide bonds.